The van der Waals surface area contributed by atoms with Crippen molar-refractivity contribution in [1.82, 2.24) is 15.6 Å². The zero-order chi connectivity index (χ0) is 20.9. The topological polar surface area (TPSA) is 93.5 Å². The van der Waals surface area contributed by atoms with Crippen molar-refractivity contribution in [3.8, 4) is 10.8 Å². The van der Waals surface area contributed by atoms with E-state index in [0.717, 1.165) is 4.88 Å². The molecule has 0 aliphatic heterocycles. The first-order valence-corrected chi connectivity index (χ1v) is 10.1. The second kappa shape index (κ2) is 8.77. The van der Waals surface area contributed by atoms with E-state index in [4.69, 9.17) is 9.15 Å². The Hall–Kier alpha value is -2.35. The van der Waals surface area contributed by atoms with Crippen LogP contribution in [-0.2, 0) is 16.0 Å². The number of rotatable bonds is 7. The van der Waals surface area contributed by atoms with Crippen molar-refractivity contribution in [3.63, 3.8) is 0 Å². The SMILES string of the molecule is CC(C)C(C)(CNC(=O)OC(C)(C)C)NC(=O)Cc1coc(-c2cccs2)n1. The highest BCUT2D eigenvalue weighted by atomic mass is 32.1. The highest BCUT2D eigenvalue weighted by molar-refractivity contribution is 7.13. The van der Waals surface area contributed by atoms with E-state index in [1.807, 2.05) is 38.3 Å². The van der Waals surface area contributed by atoms with Gasteiger partial charge in [0, 0.05) is 6.54 Å². The highest BCUT2D eigenvalue weighted by Crippen LogP contribution is 2.24. The molecule has 2 N–H and O–H groups in total. The Balaban J connectivity index is 1.95. The molecule has 2 rings (SSSR count). The van der Waals surface area contributed by atoms with Crippen LogP contribution < -0.4 is 10.6 Å². The highest BCUT2D eigenvalue weighted by Gasteiger charge is 2.31. The number of ether oxygens (including phenoxy) is 1. The summed E-state index contributed by atoms with van der Waals surface area (Å²) in [7, 11) is 0. The molecule has 28 heavy (non-hydrogen) atoms. The Morgan fingerprint density at radius 3 is 2.57 bits per heavy atom. The first-order valence-electron chi connectivity index (χ1n) is 9.24. The normalized spacial score (nSPS) is 13.8. The molecular weight excluding hydrogens is 378 g/mol. The maximum absolute atomic E-state index is 12.6. The molecule has 0 bridgehead atoms. The standard InChI is InChI=1S/C20H29N3O4S/c1-13(2)20(6,12-21-18(25)27-19(3,4)5)23-16(24)10-14-11-26-17(22-14)15-8-7-9-28-15/h7-9,11,13H,10,12H2,1-6H3,(H,21,25)(H,23,24). The molecule has 0 saturated carbocycles. The summed E-state index contributed by atoms with van der Waals surface area (Å²) in [6.45, 7) is 11.5. The molecule has 2 aromatic heterocycles. The van der Waals surface area contributed by atoms with Crippen molar-refractivity contribution in [2.45, 2.75) is 59.1 Å². The molecule has 1 atom stereocenters. The minimum absolute atomic E-state index is 0.0883. The van der Waals surface area contributed by atoms with Crippen LogP contribution in [0.5, 0.6) is 0 Å². The number of carbonyl (C=O) groups excluding carboxylic acids is 2. The van der Waals surface area contributed by atoms with E-state index in [1.165, 1.54) is 17.6 Å². The van der Waals surface area contributed by atoms with E-state index in [9.17, 15) is 9.59 Å². The van der Waals surface area contributed by atoms with Crippen LogP contribution in [0.1, 0.15) is 47.2 Å². The molecule has 0 spiro atoms. The van der Waals surface area contributed by atoms with Crippen LogP contribution in [0, 0.1) is 5.92 Å². The molecule has 0 radical (unpaired) electrons. The van der Waals surface area contributed by atoms with Gasteiger partial charge in [-0.15, -0.1) is 11.3 Å². The fourth-order valence-corrected chi connectivity index (χ4v) is 3.05. The van der Waals surface area contributed by atoms with Gasteiger partial charge in [0.05, 0.1) is 22.5 Å². The average molecular weight is 408 g/mol. The van der Waals surface area contributed by atoms with Crippen molar-refractivity contribution in [1.29, 1.82) is 0 Å². The molecule has 154 valence electrons. The second-order valence-electron chi connectivity index (χ2n) is 8.27. The van der Waals surface area contributed by atoms with Crippen LogP contribution in [0.25, 0.3) is 10.8 Å². The van der Waals surface area contributed by atoms with Gasteiger partial charge < -0.3 is 19.8 Å². The number of nitrogens with zero attached hydrogens (tertiary/aromatic N) is 1. The first-order chi connectivity index (χ1) is 13.0. The van der Waals surface area contributed by atoms with Crippen LogP contribution >= 0.6 is 11.3 Å². The number of amides is 2. The largest absolute Gasteiger partial charge is 0.444 e. The van der Waals surface area contributed by atoms with Gasteiger partial charge in [0.15, 0.2) is 0 Å². The van der Waals surface area contributed by atoms with Crippen LogP contribution in [0.15, 0.2) is 28.2 Å². The monoisotopic (exact) mass is 407 g/mol. The predicted molar refractivity (Wildman–Crippen MR) is 109 cm³/mol. The number of alkyl carbamates (subject to hydrolysis) is 1. The summed E-state index contributed by atoms with van der Waals surface area (Å²) in [6.07, 6.45) is 1.09. The number of hydrogen-bond acceptors (Lipinski definition) is 6. The molecule has 2 aromatic rings. The minimum Gasteiger partial charge on any atom is -0.444 e. The molecule has 0 aromatic carbocycles. The Morgan fingerprint density at radius 2 is 2.00 bits per heavy atom. The fraction of sp³-hybridized carbons (Fsp3) is 0.550. The zero-order valence-corrected chi connectivity index (χ0v) is 18.1. The Bertz CT molecular complexity index is 793. The zero-order valence-electron chi connectivity index (χ0n) is 17.3. The lowest BCUT2D eigenvalue weighted by Crippen LogP contribution is -2.57. The third-order valence-corrected chi connectivity index (χ3v) is 5.18. The van der Waals surface area contributed by atoms with Crippen LogP contribution in [0.2, 0.25) is 0 Å². The molecular formula is C20H29N3O4S. The van der Waals surface area contributed by atoms with E-state index in [-0.39, 0.29) is 24.8 Å². The molecule has 0 aliphatic rings. The Morgan fingerprint density at radius 1 is 1.29 bits per heavy atom. The molecule has 0 saturated heterocycles. The smallest absolute Gasteiger partial charge is 0.407 e. The van der Waals surface area contributed by atoms with E-state index in [1.54, 1.807) is 20.8 Å². The molecule has 2 heterocycles. The number of hydrogen-bond donors (Lipinski definition) is 2. The fourth-order valence-electron chi connectivity index (χ4n) is 2.39. The average Bonchev–Trinajstić information content (AvgIpc) is 3.22. The molecule has 8 heteroatoms. The van der Waals surface area contributed by atoms with Crippen LogP contribution in [0.3, 0.4) is 0 Å². The van der Waals surface area contributed by atoms with Gasteiger partial charge in [-0.05, 0) is 45.1 Å². The lowest BCUT2D eigenvalue weighted by molar-refractivity contribution is -0.122. The van der Waals surface area contributed by atoms with E-state index < -0.39 is 17.2 Å². The quantitative estimate of drug-likeness (QED) is 0.723. The van der Waals surface area contributed by atoms with E-state index in [0.29, 0.717) is 11.6 Å². The summed E-state index contributed by atoms with van der Waals surface area (Å²) < 4.78 is 10.7. The summed E-state index contributed by atoms with van der Waals surface area (Å²) in [5, 5.41) is 7.70. The summed E-state index contributed by atoms with van der Waals surface area (Å²) in [5.74, 6) is 0.412. The van der Waals surface area contributed by atoms with Gasteiger partial charge in [-0.25, -0.2) is 9.78 Å². The van der Waals surface area contributed by atoms with Gasteiger partial charge in [-0.2, -0.15) is 0 Å². The number of oxazole rings is 1. The number of nitrogens with one attached hydrogen (secondary N) is 2. The maximum Gasteiger partial charge on any atom is 0.407 e. The molecule has 2 amide bonds. The van der Waals surface area contributed by atoms with Crippen molar-refractivity contribution in [2.24, 2.45) is 5.92 Å². The Labute approximate surface area is 169 Å². The number of thiophene rings is 1. The van der Waals surface area contributed by atoms with Crippen molar-refractivity contribution < 1.29 is 18.7 Å². The van der Waals surface area contributed by atoms with Gasteiger partial charge in [-0.3, -0.25) is 4.79 Å². The van der Waals surface area contributed by atoms with Gasteiger partial charge in [-0.1, -0.05) is 19.9 Å². The van der Waals surface area contributed by atoms with Crippen LogP contribution in [0.4, 0.5) is 4.79 Å². The van der Waals surface area contributed by atoms with E-state index >= 15 is 0 Å². The van der Waals surface area contributed by atoms with Gasteiger partial charge >= 0.3 is 6.09 Å². The van der Waals surface area contributed by atoms with Crippen LogP contribution in [-0.4, -0.2) is 34.7 Å². The van der Waals surface area contributed by atoms with Crippen molar-refractivity contribution in [2.75, 3.05) is 6.54 Å². The van der Waals surface area contributed by atoms with Gasteiger partial charge in [0.1, 0.15) is 11.9 Å². The Kier molecular flexibility index (Phi) is 6.87. The molecule has 7 nitrogen and oxygen atoms in total. The third-order valence-electron chi connectivity index (χ3n) is 4.32. The molecule has 1 unspecified atom stereocenters. The molecule has 0 aliphatic carbocycles. The second-order valence-corrected chi connectivity index (χ2v) is 9.22. The van der Waals surface area contributed by atoms with Crippen molar-refractivity contribution in [3.05, 3.63) is 29.5 Å². The number of carbonyl (C=O) groups is 2. The predicted octanol–water partition coefficient (Wildman–Crippen LogP) is 4.00. The summed E-state index contributed by atoms with van der Waals surface area (Å²) >= 11 is 1.53. The summed E-state index contributed by atoms with van der Waals surface area (Å²) in [6, 6.07) is 3.83. The summed E-state index contributed by atoms with van der Waals surface area (Å²) in [5.41, 5.74) is -0.643. The summed E-state index contributed by atoms with van der Waals surface area (Å²) in [4.78, 5) is 29.8. The number of aromatic nitrogens is 1. The molecule has 0 fully saturated rings. The lowest BCUT2D eigenvalue weighted by atomic mass is 9.88. The lowest BCUT2D eigenvalue weighted by Gasteiger charge is -2.35. The van der Waals surface area contributed by atoms with Gasteiger partial charge in [0.25, 0.3) is 0 Å². The van der Waals surface area contributed by atoms with E-state index in [2.05, 4.69) is 15.6 Å². The van der Waals surface area contributed by atoms with Gasteiger partial charge in [0.2, 0.25) is 11.8 Å². The first kappa shape index (κ1) is 21.9. The minimum atomic E-state index is -0.631. The third kappa shape index (κ3) is 6.37. The van der Waals surface area contributed by atoms with Crippen molar-refractivity contribution >= 4 is 23.3 Å². The maximum atomic E-state index is 12.6.